The molecule has 6 rings (SSSR count). The second-order valence-electron chi connectivity index (χ2n) is 10.1. The molecular weight excluding hydrogens is 513 g/mol. The third-order valence-corrected chi connectivity index (χ3v) is 8.14. The first kappa shape index (κ1) is 23.9. The van der Waals surface area contributed by atoms with Crippen LogP contribution in [0.5, 0.6) is 5.75 Å². The summed E-state index contributed by atoms with van der Waals surface area (Å²) in [4.78, 5) is 0. The largest absolute Gasteiger partial charge is 0.489 e. The summed E-state index contributed by atoms with van der Waals surface area (Å²) in [6.45, 7) is 4.61. The van der Waals surface area contributed by atoms with E-state index < -0.39 is 0 Å². The van der Waals surface area contributed by atoms with Crippen molar-refractivity contribution in [2.24, 2.45) is 0 Å². The molecule has 2 unspecified atom stereocenters. The Bertz CT molecular complexity index is 1420. The van der Waals surface area contributed by atoms with Crippen LogP contribution in [0.1, 0.15) is 70.6 Å². The smallest absolute Gasteiger partial charge is 0.147 e. The first-order valence-corrected chi connectivity index (χ1v) is 13.5. The maximum absolute atomic E-state index is 6.76. The molecule has 1 aromatic heterocycles. The van der Waals surface area contributed by atoms with Crippen molar-refractivity contribution in [1.29, 1.82) is 0 Å². The lowest BCUT2D eigenvalue weighted by Crippen LogP contribution is -2.00. The Balaban J connectivity index is 1.22. The number of nitrogens with zero attached hydrogens (tertiary/aromatic N) is 1. The molecule has 2 saturated carbocycles. The number of aryl methyl sites for hydroxylation is 2. The van der Waals surface area contributed by atoms with E-state index in [4.69, 9.17) is 44.1 Å². The fraction of sp³-hybridized carbons (Fsp3) is 0.300. The van der Waals surface area contributed by atoms with Crippen LogP contribution in [0, 0.1) is 13.8 Å². The Labute approximate surface area is 226 Å². The van der Waals surface area contributed by atoms with Gasteiger partial charge in [-0.05, 0) is 80.3 Å². The van der Waals surface area contributed by atoms with E-state index >= 15 is 0 Å². The van der Waals surface area contributed by atoms with E-state index in [-0.39, 0.29) is 0 Å². The molecule has 2 aliphatic rings. The van der Waals surface area contributed by atoms with E-state index in [2.05, 4.69) is 43.3 Å². The van der Waals surface area contributed by atoms with E-state index in [1.165, 1.54) is 22.3 Å². The molecule has 6 heteroatoms. The molecule has 0 amide bonds. The van der Waals surface area contributed by atoms with Gasteiger partial charge < -0.3 is 9.26 Å². The third kappa shape index (κ3) is 4.65. The second kappa shape index (κ2) is 9.45. The van der Waals surface area contributed by atoms with Gasteiger partial charge in [0.2, 0.25) is 0 Å². The van der Waals surface area contributed by atoms with Gasteiger partial charge >= 0.3 is 0 Å². The van der Waals surface area contributed by atoms with Crippen LogP contribution in [0.25, 0.3) is 11.3 Å². The number of rotatable bonds is 7. The molecule has 1 heterocycles. The number of hydrogen-bond acceptors (Lipinski definition) is 3. The molecule has 3 nitrogen and oxygen atoms in total. The van der Waals surface area contributed by atoms with Crippen molar-refractivity contribution in [1.82, 2.24) is 5.16 Å². The third-order valence-electron chi connectivity index (χ3n) is 7.18. The number of benzene rings is 3. The highest BCUT2D eigenvalue weighted by atomic mass is 35.5. The average Bonchev–Trinajstić information content (AvgIpc) is 3.75. The van der Waals surface area contributed by atoms with Gasteiger partial charge in [-0.3, -0.25) is 0 Å². The van der Waals surface area contributed by atoms with Crippen molar-refractivity contribution >= 4 is 34.8 Å². The summed E-state index contributed by atoms with van der Waals surface area (Å²) in [5.41, 5.74) is 7.41. The summed E-state index contributed by atoms with van der Waals surface area (Å²) < 4.78 is 12.0. The molecule has 184 valence electrons. The van der Waals surface area contributed by atoms with Gasteiger partial charge in [0.25, 0.3) is 0 Å². The second-order valence-corrected chi connectivity index (χ2v) is 11.3. The molecule has 0 saturated heterocycles. The maximum atomic E-state index is 6.76. The fourth-order valence-corrected chi connectivity index (χ4v) is 6.12. The van der Waals surface area contributed by atoms with Crippen molar-refractivity contribution in [3.05, 3.63) is 103 Å². The van der Waals surface area contributed by atoms with Crippen LogP contribution >= 0.6 is 34.8 Å². The van der Waals surface area contributed by atoms with Crippen molar-refractivity contribution in [3.8, 4) is 17.0 Å². The molecule has 0 radical (unpaired) electrons. The molecular formula is C30H26Cl3NO2. The van der Waals surface area contributed by atoms with Crippen LogP contribution in [0.15, 0.2) is 59.1 Å². The van der Waals surface area contributed by atoms with Crippen LogP contribution in [-0.4, -0.2) is 5.16 Å². The first-order chi connectivity index (χ1) is 17.4. The summed E-state index contributed by atoms with van der Waals surface area (Å²) in [5.74, 6) is 2.91. The topological polar surface area (TPSA) is 35.3 Å². The zero-order valence-electron chi connectivity index (χ0n) is 20.2. The Hall–Kier alpha value is -2.46. The van der Waals surface area contributed by atoms with Crippen molar-refractivity contribution in [3.63, 3.8) is 0 Å². The summed E-state index contributed by atoms with van der Waals surface area (Å²) >= 11 is 19.7. The van der Waals surface area contributed by atoms with Gasteiger partial charge in [0.15, 0.2) is 0 Å². The molecule has 0 bridgehead atoms. The van der Waals surface area contributed by atoms with Gasteiger partial charge in [0.1, 0.15) is 23.8 Å². The normalized spacial score (nSPS) is 18.9. The van der Waals surface area contributed by atoms with Gasteiger partial charge in [-0.2, -0.15) is 0 Å². The van der Waals surface area contributed by atoms with E-state index in [0.717, 1.165) is 35.6 Å². The minimum absolute atomic E-state index is 0.302. The molecule has 36 heavy (non-hydrogen) atoms. The number of hydrogen-bond donors (Lipinski definition) is 0. The summed E-state index contributed by atoms with van der Waals surface area (Å²) in [6, 6.07) is 18.3. The molecule has 2 atom stereocenters. The Morgan fingerprint density at radius 1 is 0.889 bits per heavy atom. The molecule has 4 aromatic rings. The zero-order valence-corrected chi connectivity index (χ0v) is 22.4. The average molecular weight is 539 g/mol. The summed E-state index contributed by atoms with van der Waals surface area (Å²) in [7, 11) is 0. The molecule has 0 N–H and O–H groups in total. The number of halogens is 3. The summed E-state index contributed by atoms with van der Waals surface area (Å²) in [5, 5.41) is 6.16. The molecule has 2 fully saturated rings. The van der Waals surface area contributed by atoms with Crippen LogP contribution in [0.4, 0.5) is 0 Å². The molecule has 3 aromatic carbocycles. The van der Waals surface area contributed by atoms with Crippen molar-refractivity contribution < 1.29 is 9.26 Å². The molecule has 2 aliphatic carbocycles. The van der Waals surface area contributed by atoms with Gasteiger partial charge in [-0.1, -0.05) is 81.4 Å². The quantitative estimate of drug-likeness (QED) is 0.235. The van der Waals surface area contributed by atoms with E-state index in [1.54, 1.807) is 12.1 Å². The van der Waals surface area contributed by atoms with E-state index in [9.17, 15) is 0 Å². The lowest BCUT2D eigenvalue weighted by molar-refractivity contribution is 0.300. The highest BCUT2D eigenvalue weighted by molar-refractivity contribution is 6.39. The zero-order chi connectivity index (χ0) is 25.0. The standard InChI is InChI=1S/C30H26Cl3NO2/c1-16-10-17(2)12-19(11-16)22-14-23(22)21-9-8-20(13-27(21)33)35-15-24-29(34-36-30(24)18-6-7-18)28-25(31)4-3-5-26(28)32/h3-5,8-13,18,22-23H,6-7,14-15H2,1-2H3. The Kier molecular flexibility index (Phi) is 6.27. The van der Waals surface area contributed by atoms with Crippen LogP contribution < -0.4 is 4.74 Å². The van der Waals surface area contributed by atoms with Gasteiger partial charge in [-0.25, -0.2) is 0 Å². The van der Waals surface area contributed by atoms with Crippen LogP contribution in [0.2, 0.25) is 15.1 Å². The highest BCUT2D eigenvalue weighted by Crippen LogP contribution is 2.56. The van der Waals surface area contributed by atoms with Gasteiger partial charge in [-0.15, -0.1) is 0 Å². The maximum Gasteiger partial charge on any atom is 0.147 e. The minimum Gasteiger partial charge on any atom is -0.489 e. The van der Waals surface area contributed by atoms with Gasteiger partial charge in [0, 0.05) is 16.5 Å². The first-order valence-electron chi connectivity index (χ1n) is 12.3. The monoisotopic (exact) mass is 537 g/mol. The Morgan fingerprint density at radius 2 is 1.61 bits per heavy atom. The van der Waals surface area contributed by atoms with Crippen molar-refractivity contribution in [2.75, 3.05) is 0 Å². The number of aromatic nitrogens is 1. The van der Waals surface area contributed by atoms with E-state index in [0.29, 0.717) is 51.4 Å². The SMILES string of the molecule is Cc1cc(C)cc(C2CC2c2ccc(OCc3c(-c4c(Cl)cccc4Cl)noc3C3CC3)cc2Cl)c1. The molecule has 0 aliphatic heterocycles. The Morgan fingerprint density at radius 3 is 2.28 bits per heavy atom. The van der Waals surface area contributed by atoms with E-state index in [1.807, 2.05) is 18.2 Å². The van der Waals surface area contributed by atoms with Crippen LogP contribution in [-0.2, 0) is 6.61 Å². The van der Waals surface area contributed by atoms with Crippen LogP contribution in [0.3, 0.4) is 0 Å². The minimum atomic E-state index is 0.302. The highest BCUT2D eigenvalue weighted by Gasteiger charge is 2.41. The lowest BCUT2D eigenvalue weighted by Gasteiger charge is -2.11. The molecule has 0 spiro atoms. The predicted molar refractivity (Wildman–Crippen MR) is 146 cm³/mol. The van der Waals surface area contributed by atoms with Crippen molar-refractivity contribution in [2.45, 2.75) is 57.5 Å². The summed E-state index contributed by atoms with van der Waals surface area (Å²) in [6.07, 6.45) is 3.29. The fourth-order valence-electron chi connectivity index (χ4n) is 5.23. The number of ether oxygens (including phenoxy) is 1. The van der Waals surface area contributed by atoms with Gasteiger partial charge in [0.05, 0.1) is 15.6 Å². The lowest BCUT2D eigenvalue weighted by atomic mass is 10.0. The predicted octanol–water partition coefficient (Wildman–Crippen LogP) is 9.65.